The van der Waals surface area contributed by atoms with Crippen LogP contribution in [0.25, 0.3) is 10.6 Å². The van der Waals surface area contributed by atoms with E-state index in [2.05, 4.69) is 15.2 Å². The van der Waals surface area contributed by atoms with Gasteiger partial charge in [0.25, 0.3) is 15.9 Å². The number of carbonyl (C=O) groups is 1. The molecule has 3 aromatic rings. The van der Waals surface area contributed by atoms with Crippen LogP contribution in [0.1, 0.15) is 23.0 Å². The molecule has 0 aliphatic heterocycles. The Labute approximate surface area is 167 Å². The van der Waals surface area contributed by atoms with Crippen LogP contribution in [-0.2, 0) is 10.0 Å². The van der Waals surface area contributed by atoms with Gasteiger partial charge in [-0.3, -0.25) is 10.2 Å². The Kier molecular flexibility index (Phi) is 6.08. The first-order valence-corrected chi connectivity index (χ1v) is 10.8. The largest absolute Gasteiger partial charge is 0.494 e. The second kappa shape index (κ2) is 8.51. The van der Waals surface area contributed by atoms with Crippen LogP contribution in [0.2, 0.25) is 0 Å². The number of sulfonamides is 1. The first-order chi connectivity index (χ1) is 13.4. The first-order valence-electron chi connectivity index (χ1n) is 8.46. The molecule has 1 aromatic heterocycles. The van der Waals surface area contributed by atoms with Crippen molar-refractivity contribution in [2.24, 2.45) is 0 Å². The Hall–Kier alpha value is -2.75. The van der Waals surface area contributed by atoms with Crippen LogP contribution >= 0.6 is 11.3 Å². The van der Waals surface area contributed by atoms with E-state index in [1.54, 1.807) is 17.5 Å². The number of rotatable bonds is 7. The number of aromatic nitrogens is 1. The molecule has 0 bridgehead atoms. The molecule has 146 valence electrons. The molecule has 28 heavy (non-hydrogen) atoms. The Balaban J connectivity index is 1.65. The van der Waals surface area contributed by atoms with E-state index >= 15 is 0 Å². The number of hydrogen-bond donors (Lipinski definition) is 2. The standard InChI is InChI=1S/C19H19N3O4S2/c1-3-26-15-8-10-16(11-9-15)28(24,25)22-21-18(23)17-12-27-19(20-17)14-6-4-13(2)5-7-14/h4-12,22H,3H2,1-2H3,(H,21,23). The van der Waals surface area contributed by atoms with Crippen LogP contribution in [0.15, 0.2) is 58.8 Å². The van der Waals surface area contributed by atoms with Gasteiger partial charge in [-0.05, 0) is 38.1 Å². The Morgan fingerprint density at radius 1 is 1.11 bits per heavy atom. The molecule has 1 amide bonds. The molecule has 0 atom stereocenters. The van der Waals surface area contributed by atoms with Crippen molar-refractivity contribution in [2.45, 2.75) is 18.7 Å². The molecule has 0 fully saturated rings. The van der Waals surface area contributed by atoms with Gasteiger partial charge in [0.1, 0.15) is 16.5 Å². The van der Waals surface area contributed by atoms with Gasteiger partial charge in [-0.15, -0.1) is 16.2 Å². The molecule has 0 spiro atoms. The van der Waals surface area contributed by atoms with Crippen LogP contribution in [0, 0.1) is 6.92 Å². The number of hydrazine groups is 1. The number of nitrogens with zero attached hydrogens (tertiary/aromatic N) is 1. The van der Waals surface area contributed by atoms with Crippen LogP contribution in [0.4, 0.5) is 0 Å². The zero-order valence-corrected chi connectivity index (χ0v) is 16.9. The third-order valence-corrected chi connectivity index (χ3v) is 5.93. The first kappa shape index (κ1) is 20.0. The van der Waals surface area contributed by atoms with Gasteiger partial charge in [0.2, 0.25) is 0 Å². The number of nitrogens with one attached hydrogen (secondary N) is 2. The molecule has 0 aliphatic carbocycles. The van der Waals surface area contributed by atoms with Crippen molar-refractivity contribution in [1.29, 1.82) is 0 Å². The third kappa shape index (κ3) is 4.75. The third-order valence-electron chi connectivity index (χ3n) is 3.78. The van der Waals surface area contributed by atoms with E-state index in [1.807, 2.05) is 38.1 Å². The van der Waals surface area contributed by atoms with Crippen LogP contribution < -0.4 is 15.0 Å². The summed E-state index contributed by atoms with van der Waals surface area (Å²) < 4.78 is 29.9. The number of carbonyl (C=O) groups excluding carboxylic acids is 1. The SMILES string of the molecule is CCOc1ccc(S(=O)(=O)NNC(=O)c2csc(-c3ccc(C)cc3)n2)cc1. The predicted molar refractivity (Wildman–Crippen MR) is 108 cm³/mol. The van der Waals surface area contributed by atoms with Gasteiger partial charge in [-0.25, -0.2) is 13.4 Å². The van der Waals surface area contributed by atoms with Gasteiger partial charge >= 0.3 is 0 Å². The maximum atomic E-state index is 12.3. The Morgan fingerprint density at radius 2 is 1.79 bits per heavy atom. The zero-order valence-electron chi connectivity index (χ0n) is 15.3. The van der Waals surface area contributed by atoms with E-state index in [1.165, 1.54) is 23.5 Å². The summed E-state index contributed by atoms with van der Waals surface area (Å²) >= 11 is 1.31. The predicted octanol–water partition coefficient (Wildman–Crippen LogP) is 3.14. The summed E-state index contributed by atoms with van der Waals surface area (Å²) in [5.41, 5.74) is 4.34. The second-order valence-electron chi connectivity index (χ2n) is 5.87. The fourth-order valence-corrected chi connectivity index (χ4v) is 3.97. The Morgan fingerprint density at radius 3 is 2.43 bits per heavy atom. The van der Waals surface area contributed by atoms with Gasteiger partial charge in [0, 0.05) is 10.9 Å². The molecule has 0 aliphatic rings. The van der Waals surface area contributed by atoms with Crippen molar-refractivity contribution < 1.29 is 17.9 Å². The number of ether oxygens (including phenoxy) is 1. The summed E-state index contributed by atoms with van der Waals surface area (Å²) in [5.74, 6) is -0.0688. The molecule has 0 unspecified atom stereocenters. The highest BCUT2D eigenvalue weighted by Gasteiger charge is 2.17. The van der Waals surface area contributed by atoms with Crippen LogP contribution in [-0.4, -0.2) is 25.9 Å². The number of benzene rings is 2. The van der Waals surface area contributed by atoms with Crippen LogP contribution in [0.5, 0.6) is 5.75 Å². The maximum Gasteiger partial charge on any atom is 0.285 e. The van der Waals surface area contributed by atoms with E-state index in [0.29, 0.717) is 17.4 Å². The normalized spacial score (nSPS) is 11.2. The summed E-state index contributed by atoms with van der Waals surface area (Å²) in [4.78, 5) is 18.6. The maximum absolute atomic E-state index is 12.3. The number of aryl methyl sites for hydroxylation is 1. The monoisotopic (exact) mass is 417 g/mol. The molecular formula is C19H19N3O4S2. The Bertz CT molecular complexity index is 1060. The molecule has 0 saturated heterocycles. The molecule has 2 N–H and O–H groups in total. The molecule has 0 saturated carbocycles. The van der Waals surface area contributed by atoms with Crippen LogP contribution in [0.3, 0.4) is 0 Å². The highest BCUT2D eigenvalue weighted by atomic mass is 32.2. The quantitative estimate of drug-likeness (QED) is 0.576. The minimum Gasteiger partial charge on any atom is -0.494 e. The van der Waals surface area contributed by atoms with Crippen molar-refractivity contribution in [3.8, 4) is 16.3 Å². The molecule has 9 heteroatoms. The molecule has 2 aromatic carbocycles. The molecule has 0 radical (unpaired) electrons. The smallest absolute Gasteiger partial charge is 0.285 e. The van der Waals surface area contributed by atoms with E-state index in [9.17, 15) is 13.2 Å². The van der Waals surface area contributed by atoms with Crippen molar-refractivity contribution in [2.75, 3.05) is 6.61 Å². The minimum atomic E-state index is -3.91. The highest BCUT2D eigenvalue weighted by molar-refractivity contribution is 7.89. The van der Waals surface area contributed by atoms with E-state index in [-0.39, 0.29) is 10.6 Å². The lowest BCUT2D eigenvalue weighted by molar-refractivity contribution is 0.0941. The topological polar surface area (TPSA) is 97.4 Å². The minimum absolute atomic E-state index is 0.00914. The van der Waals surface area contributed by atoms with E-state index in [0.717, 1.165) is 11.1 Å². The van der Waals surface area contributed by atoms with Crippen molar-refractivity contribution >= 4 is 27.3 Å². The average Bonchev–Trinajstić information content (AvgIpc) is 3.18. The lowest BCUT2D eigenvalue weighted by Gasteiger charge is -2.08. The summed E-state index contributed by atoms with van der Waals surface area (Å²) in [7, 11) is -3.91. The number of hydrogen-bond acceptors (Lipinski definition) is 6. The van der Waals surface area contributed by atoms with Gasteiger partial charge < -0.3 is 4.74 Å². The van der Waals surface area contributed by atoms with E-state index < -0.39 is 15.9 Å². The van der Waals surface area contributed by atoms with Crippen molar-refractivity contribution in [1.82, 2.24) is 15.2 Å². The van der Waals surface area contributed by atoms with Gasteiger partial charge in [-0.1, -0.05) is 29.8 Å². The van der Waals surface area contributed by atoms with Gasteiger partial charge in [0.05, 0.1) is 11.5 Å². The van der Waals surface area contributed by atoms with Crippen molar-refractivity contribution in [3.05, 3.63) is 65.2 Å². The highest BCUT2D eigenvalue weighted by Crippen LogP contribution is 2.24. The van der Waals surface area contributed by atoms with E-state index in [4.69, 9.17) is 4.74 Å². The summed E-state index contributed by atoms with van der Waals surface area (Å²) in [6.45, 7) is 4.31. The lowest BCUT2D eigenvalue weighted by atomic mass is 10.2. The number of amides is 1. The molecule has 7 nitrogen and oxygen atoms in total. The average molecular weight is 418 g/mol. The lowest BCUT2D eigenvalue weighted by Crippen LogP contribution is -2.41. The zero-order chi connectivity index (χ0) is 20.1. The molecular weight excluding hydrogens is 398 g/mol. The number of thiazole rings is 1. The van der Waals surface area contributed by atoms with Gasteiger partial charge in [0.15, 0.2) is 0 Å². The summed E-state index contributed by atoms with van der Waals surface area (Å²) in [5, 5.41) is 2.26. The van der Waals surface area contributed by atoms with Gasteiger partial charge in [-0.2, -0.15) is 0 Å². The molecule has 3 rings (SSSR count). The summed E-state index contributed by atoms with van der Waals surface area (Å²) in [6.07, 6.45) is 0. The second-order valence-corrected chi connectivity index (χ2v) is 8.41. The fraction of sp³-hybridized carbons (Fsp3) is 0.158. The fourth-order valence-electron chi connectivity index (χ4n) is 2.32. The van der Waals surface area contributed by atoms with Crippen molar-refractivity contribution in [3.63, 3.8) is 0 Å². The summed E-state index contributed by atoms with van der Waals surface area (Å²) in [6, 6.07) is 13.7. The molecule has 1 heterocycles.